The van der Waals surface area contributed by atoms with Gasteiger partial charge >= 0.3 is 0 Å². The summed E-state index contributed by atoms with van der Waals surface area (Å²) < 4.78 is 27.6. The van der Waals surface area contributed by atoms with Crippen LogP contribution in [0.4, 0.5) is 8.78 Å². The lowest BCUT2D eigenvalue weighted by atomic mass is 10.1. The number of carbonyl (C=O) groups is 1. The van der Waals surface area contributed by atoms with E-state index < -0.39 is 0 Å². The van der Waals surface area contributed by atoms with Gasteiger partial charge in [-0.15, -0.1) is 0 Å². The number of hydrogen-bond donors (Lipinski definition) is 0. The molecule has 2 aromatic carbocycles. The third-order valence-electron chi connectivity index (χ3n) is 4.52. The maximum absolute atomic E-state index is 13.9. The van der Waals surface area contributed by atoms with Crippen LogP contribution in [0.3, 0.4) is 0 Å². The zero-order valence-electron chi connectivity index (χ0n) is 13.9. The molecular formula is C19H19ClF2N2O. The summed E-state index contributed by atoms with van der Waals surface area (Å²) in [5.74, 6) is -0.873. The van der Waals surface area contributed by atoms with Gasteiger partial charge in [0.05, 0.1) is 0 Å². The number of nitrogens with zero attached hydrogens (tertiary/aromatic N) is 2. The van der Waals surface area contributed by atoms with Crippen molar-refractivity contribution in [2.45, 2.75) is 13.5 Å². The van der Waals surface area contributed by atoms with Crippen LogP contribution >= 0.6 is 11.6 Å². The van der Waals surface area contributed by atoms with Crippen LogP contribution in [0.25, 0.3) is 0 Å². The second-order valence-corrected chi connectivity index (χ2v) is 6.64. The smallest absolute Gasteiger partial charge is 0.254 e. The molecule has 0 N–H and O–H groups in total. The summed E-state index contributed by atoms with van der Waals surface area (Å²) >= 11 is 6.07. The van der Waals surface area contributed by atoms with E-state index >= 15 is 0 Å². The van der Waals surface area contributed by atoms with E-state index in [1.807, 2.05) is 0 Å². The van der Waals surface area contributed by atoms with Crippen molar-refractivity contribution in [3.8, 4) is 0 Å². The highest BCUT2D eigenvalue weighted by Gasteiger charge is 2.23. The van der Waals surface area contributed by atoms with Gasteiger partial charge in [0.15, 0.2) is 0 Å². The molecule has 3 nitrogen and oxygen atoms in total. The Morgan fingerprint density at radius 3 is 2.44 bits per heavy atom. The van der Waals surface area contributed by atoms with Crippen molar-refractivity contribution >= 4 is 17.5 Å². The molecule has 1 saturated heterocycles. The highest BCUT2D eigenvalue weighted by Crippen LogP contribution is 2.21. The number of halogens is 3. The fraction of sp³-hybridized carbons (Fsp3) is 0.316. The normalized spacial score (nSPS) is 15.4. The molecule has 0 aliphatic carbocycles. The minimum absolute atomic E-state index is 0.178. The van der Waals surface area contributed by atoms with Crippen molar-refractivity contribution in [2.24, 2.45) is 0 Å². The van der Waals surface area contributed by atoms with Gasteiger partial charge in [-0.1, -0.05) is 23.7 Å². The van der Waals surface area contributed by atoms with Gasteiger partial charge in [-0.05, 0) is 36.8 Å². The molecule has 0 spiro atoms. The van der Waals surface area contributed by atoms with Crippen LogP contribution in [0.15, 0.2) is 36.4 Å². The number of aryl methyl sites for hydroxylation is 1. The summed E-state index contributed by atoms with van der Waals surface area (Å²) in [7, 11) is 0. The van der Waals surface area contributed by atoms with Gasteiger partial charge in [0.2, 0.25) is 0 Å². The standard InChI is InChI=1S/C19H19ClF2N2O/c1-13-5-6-14(11-18(13)22)19(25)24-9-7-23(8-10-24)12-15-16(20)3-2-4-17(15)21/h2-6,11H,7-10,12H2,1H3. The first-order valence-corrected chi connectivity index (χ1v) is 8.54. The van der Waals surface area contributed by atoms with Crippen LogP contribution in [0.2, 0.25) is 5.02 Å². The highest BCUT2D eigenvalue weighted by atomic mass is 35.5. The van der Waals surface area contributed by atoms with Crippen molar-refractivity contribution in [1.82, 2.24) is 9.80 Å². The van der Waals surface area contributed by atoms with E-state index in [1.165, 1.54) is 12.1 Å². The molecule has 1 heterocycles. The van der Waals surface area contributed by atoms with Crippen LogP contribution in [-0.4, -0.2) is 41.9 Å². The predicted molar refractivity (Wildman–Crippen MR) is 93.7 cm³/mol. The topological polar surface area (TPSA) is 23.6 Å². The summed E-state index contributed by atoms with van der Waals surface area (Å²) in [6.07, 6.45) is 0. The Bertz CT molecular complexity index is 769. The van der Waals surface area contributed by atoms with Crippen LogP contribution in [-0.2, 0) is 6.54 Å². The summed E-state index contributed by atoms with van der Waals surface area (Å²) in [6, 6.07) is 9.19. The first-order valence-electron chi connectivity index (χ1n) is 8.16. The van der Waals surface area contributed by atoms with E-state index in [9.17, 15) is 13.6 Å². The third kappa shape index (κ3) is 3.99. The van der Waals surface area contributed by atoms with Crippen LogP contribution in [0.5, 0.6) is 0 Å². The molecule has 132 valence electrons. The number of piperazine rings is 1. The van der Waals surface area contributed by atoms with Gasteiger partial charge in [-0.25, -0.2) is 8.78 Å². The van der Waals surface area contributed by atoms with Gasteiger partial charge in [0.25, 0.3) is 5.91 Å². The van der Waals surface area contributed by atoms with Crippen molar-refractivity contribution in [3.63, 3.8) is 0 Å². The molecule has 0 atom stereocenters. The molecule has 0 saturated carbocycles. The SMILES string of the molecule is Cc1ccc(C(=O)N2CCN(Cc3c(F)cccc3Cl)CC2)cc1F. The first kappa shape index (κ1) is 17.8. The summed E-state index contributed by atoms with van der Waals surface area (Å²) in [5, 5.41) is 0.411. The maximum Gasteiger partial charge on any atom is 0.254 e. The lowest BCUT2D eigenvalue weighted by molar-refractivity contribution is 0.0626. The Morgan fingerprint density at radius 1 is 1.08 bits per heavy atom. The Hall–Kier alpha value is -1.98. The monoisotopic (exact) mass is 364 g/mol. The van der Waals surface area contributed by atoms with E-state index in [0.29, 0.717) is 54.4 Å². The average Bonchev–Trinajstić information content (AvgIpc) is 2.61. The van der Waals surface area contributed by atoms with Crippen molar-refractivity contribution in [2.75, 3.05) is 26.2 Å². The Balaban J connectivity index is 1.61. The second kappa shape index (κ2) is 7.50. The van der Waals surface area contributed by atoms with E-state index in [-0.39, 0.29) is 17.5 Å². The van der Waals surface area contributed by atoms with Gasteiger partial charge < -0.3 is 4.90 Å². The van der Waals surface area contributed by atoms with Gasteiger partial charge in [-0.2, -0.15) is 0 Å². The maximum atomic E-state index is 13.9. The second-order valence-electron chi connectivity index (χ2n) is 6.23. The number of hydrogen-bond acceptors (Lipinski definition) is 2. The lowest BCUT2D eigenvalue weighted by Gasteiger charge is -2.35. The molecule has 1 fully saturated rings. The third-order valence-corrected chi connectivity index (χ3v) is 4.88. The first-order chi connectivity index (χ1) is 12.0. The van der Waals surface area contributed by atoms with Crippen molar-refractivity contribution < 1.29 is 13.6 Å². The molecule has 6 heteroatoms. The summed E-state index contributed by atoms with van der Waals surface area (Å²) in [5.41, 5.74) is 1.35. The van der Waals surface area contributed by atoms with Crippen molar-refractivity contribution in [3.05, 3.63) is 69.7 Å². The number of amides is 1. The molecule has 3 rings (SSSR count). The minimum atomic E-state index is -0.376. The quantitative estimate of drug-likeness (QED) is 0.825. The largest absolute Gasteiger partial charge is 0.336 e. The molecule has 25 heavy (non-hydrogen) atoms. The Kier molecular flexibility index (Phi) is 5.35. The van der Waals surface area contributed by atoms with Crippen LogP contribution < -0.4 is 0 Å². The average molecular weight is 365 g/mol. The van der Waals surface area contributed by atoms with Gasteiger partial charge in [0.1, 0.15) is 11.6 Å². The molecule has 1 aliphatic heterocycles. The molecule has 0 unspecified atom stereocenters. The molecule has 2 aromatic rings. The zero-order chi connectivity index (χ0) is 18.0. The molecule has 1 amide bonds. The van der Waals surface area contributed by atoms with E-state index in [4.69, 9.17) is 11.6 Å². The molecule has 1 aliphatic rings. The summed E-state index contributed by atoms with van der Waals surface area (Å²) in [4.78, 5) is 16.3. The van der Waals surface area contributed by atoms with E-state index in [0.717, 1.165) is 0 Å². The highest BCUT2D eigenvalue weighted by molar-refractivity contribution is 6.31. The van der Waals surface area contributed by atoms with Gasteiger partial charge in [0, 0.05) is 48.9 Å². The van der Waals surface area contributed by atoms with Crippen molar-refractivity contribution in [1.29, 1.82) is 0 Å². The minimum Gasteiger partial charge on any atom is -0.336 e. The number of rotatable bonds is 3. The number of benzene rings is 2. The molecular weight excluding hydrogens is 346 g/mol. The molecule has 0 aromatic heterocycles. The van der Waals surface area contributed by atoms with E-state index in [1.54, 1.807) is 36.1 Å². The van der Waals surface area contributed by atoms with Crippen LogP contribution in [0.1, 0.15) is 21.5 Å². The molecule has 0 bridgehead atoms. The fourth-order valence-corrected chi connectivity index (χ4v) is 3.15. The van der Waals surface area contributed by atoms with Gasteiger partial charge in [-0.3, -0.25) is 9.69 Å². The lowest BCUT2D eigenvalue weighted by Crippen LogP contribution is -2.48. The predicted octanol–water partition coefficient (Wildman–Crippen LogP) is 3.88. The van der Waals surface area contributed by atoms with E-state index in [2.05, 4.69) is 4.90 Å². The molecule has 0 radical (unpaired) electrons. The van der Waals surface area contributed by atoms with Crippen LogP contribution in [0, 0.1) is 18.6 Å². The summed E-state index contributed by atoms with van der Waals surface area (Å²) in [6.45, 7) is 4.33. The fourth-order valence-electron chi connectivity index (χ4n) is 2.92. The Morgan fingerprint density at radius 2 is 1.80 bits per heavy atom. The zero-order valence-corrected chi connectivity index (χ0v) is 14.7. The number of carbonyl (C=O) groups excluding carboxylic acids is 1. The Labute approximate surface area is 150 Å².